The Labute approximate surface area is 122 Å². The third-order valence-electron chi connectivity index (χ3n) is 3.33. The van der Waals surface area contributed by atoms with Gasteiger partial charge in [-0.3, -0.25) is 0 Å². The molecule has 0 unspecified atom stereocenters. The van der Waals surface area contributed by atoms with Crippen molar-refractivity contribution in [2.45, 2.75) is 13.3 Å². The Morgan fingerprint density at radius 1 is 1.10 bits per heavy atom. The van der Waals surface area contributed by atoms with Crippen molar-refractivity contribution in [2.75, 3.05) is 5.73 Å². The van der Waals surface area contributed by atoms with Gasteiger partial charge >= 0.3 is 0 Å². The van der Waals surface area contributed by atoms with Crippen LogP contribution in [0.4, 0.5) is 5.82 Å². The van der Waals surface area contributed by atoms with Gasteiger partial charge in [0.2, 0.25) is 0 Å². The first-order chi connectivity index (χ1) is 9.69. The predicted molar refractivity (Wildman–Crippen MR) is 83.8 cm³/mol. The number of nitrogens with zero attached hydrogens (tertiary/aromatic N) is 2. The standard InChI is InChI=1S/C16H14ClN3/c1-2-10-5-3-4-6-12(10)16-19-14-8-7-11(17)9-13(14)15(18)20-16/h3-9H,2H2,1H3,(H2,18,19,20). The van der Waals surface area contributed by atoms with Crippen molar-refractivity contribution in [3.63, 3.8) is 0 Å². The third-order valence-corrected chi connectivity index (χ3v) is 3.56. The van der Waals surface area contributed by atoms with Gasteiger partial charge < -0.3 is 5.73 Å². The van der Waals surface area contributed by atoms with Gasteiger partial charge in [-0.1, -0.05) is 42.8 Å². The topological polar surface area (TPSA) is 51.8 Å². The maximum absolute atomic E-state index is 6.05. The number of nitrogens with two attached hydrogens (primary N) is 1. The van der Waals surface area contributed by atoms with E-state index >= 15 is 0 Å². The largest absolute Gasteiger partial charge is 0.383 e. The molecule has 0 aliphatic rings. The van der Waals surface area contributed by atoms with Gasteiger partial charge in [0.15, 0.2) is 5.82 Å². The van der Waals surface area contributed by atoms with E-state index in [4.69, 9.17) is 17.3 Å². The molecule has 1 heterocycles. The Morgan fingerprint density at radius 2 is 1.90 bits per heavy atom. The molecule has 0 saturated heterocycles. The van der Waals surface area contributed by atoms with Crippen molar-refractivity contribution in [3.05, 3.63) is 53.1 Å². The second-order valence-electron chi connectivity index (χ2n) is 4.60. The summed E-state index contributed by atoms with van der Waals surface area (Å²) in [5.74, 6) is 1.12. The summed E-state index contributed by atoms with van der Waals surface area (Å²) in [4.78, 5) is 9.04. The van der Waals surface area contributed by atoms with Crippen LogP contribution in [-0.4, -0.2) is 9.97 Å². The van der Waals surface area contributed by atoms with Crippen LogP contribution in [0.25, 0.3) is 22.3 Å². The van der Waals surface area contributed by atoms with Gasteiger partial charge in [0, 0.05) is 16.0 Å². The Hall–Kier alpha value is -2.13. The highest BCUT2D eigenvalue weighted by Gasteiger charge is 2.10. The van der Waals surface area contributed by atoms with Crippen molar-refractivity contribution >= 4 is 28.3 Å². The average Bonchev–Trinajstić information content (AvgIpc) is 2.47. The lowest BCUT2D eigenvalue weighted by molar-refractivity contribution is 1.12. The molecule has 0 atom stereocenters. The van der Waals surface area contributed by atoms with E-state index in [0.29, 0.717) is 16.7 Å². The van der Waals surface area contributed by atoms with Crippen LogP contribution < -0.4 is 5.73 Å². The summed E-state index contributed by atoms with van der Waals surface area (Å²) >= 11 is 5.98. The molecule has 3 rings (SSSR count). The van der Waals surface area contributed by atoms with Gasteiger partial charge in [0.05, 0.1) is 5.52 Å². The van der Waals surface area contributed by atoms with E-state index in [0.717, 1.165) is 22.9 Å². The molecule has 4 heteroatoms. The lowest BCUT2D eigenvalue weighted by Crippen LogP contribution is -1.99. The fraction of sp³-hybridized carbons (Fsp3) is 0.125. The number of anilines is 1. The first-order valence-electron chi connectivity index (χ1n) is 6.50. The molecule has 0 amide bonds. The molecule has 100 valence electrons. The fourth-order valence-electron chi connectivity index (χ4n) is 2.29. The van der Waals surface area contributed by atoms with E-state index in [2.05, 4.69) is 23.0 Å². The molecule has 0 saturated carbocycles. The summed E-state index contributed by atoms with van der Waals surface area (Å²) in [6.07, 6.45) is 0.929. The number of fused-ring (bicyclic) bond motifs is 1. The van der Waals surface area contributed by atoms with Crippen molar-refractivity contribution in [2.24, 2.45) is 0 Å². The summed E-state index contributed by atoms with van der Waals surface area (Å²) in [6, 6.07) is 13.6. The Balaban J connectivity index is 2.25. The number of hydrogen-bond donors (Lipinski definition) is 1. The van der Waals surface area contributed by atoms with Crippen LogP contribution in [0.3, 0.4) is 0 Å². The Bertz CT molecular complexity index is 784. The minimum atomic E-state index is 0.457. The number of hydrogen-bond acceptors (Lipinski definition) is 3. The molecule has 0 aliphatic carbocycles. The maximum Gasteiger partial charge on any atom is 0.162 e. The minimum Gasteiger partial charge on any atom is -0.383 e. The molecule has 3 aromatic rings. The maximum atomic E-state index is 6.05. The number of nitrogen functional groups attached to an aromatic ring is 1. The predicted octanol–water partition coefficient (Wildman–Crippen LogP) is 4.09. The number of aryl methyl sites for hydroxylation is 1. The molecule has 0 fully saturated rings. The molecule has 1 aromatic heterocycles. The summed E-state index contributed by atoms with van der Waals surface area (Å²) < 4.78 is 0. The van der Waals surface area contributed by atoms with Crippen LogP contribution in [0.5, 0.6) is 0 Å². The van der Waals surface area contributed by atoms with E-state index in [1.165, 1.54) is 5.56 Å². The van der Waals surface area contributed by atoms with Gasteiger partial charge in [0.1, 0.15) is 5.82 Å². The van der Waals surface area contributed by atoms with Crippen LogP contribution in [0, 0.1) is 0 Å². The zero-order chi connectivity index (χ0) is 14.1. The monoisotopic (exact) mass is 283 g/mol. The zero-order valence-electron chi connectivity index (χ0n) is 11.1. The van der Waals surface area contributed by atoms with E-state index in [-0.39, 0.29) is 0 Å². The number of rotatable bonds is 2. The average molecular weight is 284 g/mol. The molecule has 0 aliphatic heterocycles. The van der Waals surface area contributed by atoms with Gasteiger partial charge in [0.25, 0.3) is 0 Å². The molecule has 0 spiro atoms. The second-order valence-corrected chi connectivity index (χ2v) is 5.04. The van der Waals surface area contributed by atoms with Crippen molar-refractivity contribution in [1.29, 1.82) is 0 Å². The molecule has 0 radical (unpaired) electrons. The first-order valence-corrected chi connectivity index (χ1v) is 6.88. The second kappa shape index (κ2) is 5.10. The van der Waals surface area contributed by atoms with Crippen LogP contribution >= 0.6 is 11.6 Å². The fourth-order valence-corrected chi connectivity index (χ4v) is 2.46. The lowest BCUT2D eigenvalue weighted by Gasteiger charge is -2.09. The zero-order valence-corrected chi connectivity index (χ0v) is 11.9. The smallest absolute Gasteiger partial charge is 0.162 e. The summed E-state index contributed by atoms with van der Waals surface area (Å²) in [6.45, 7) is 2.11. The Kier molecular flexibility index (Phi) is 3.28. The SMILES string of the molecule is CCc1ccccc1-c1nc(N)c2cc(Cl)ccc2n1. The molecular formula is C16H14ClN3. The number of halogens is 1. The van der Waals surface area contributed by atoms with Crippen LogP contribution in [0.1, 0.15) is 12.5 Å². The highest BCUT2D eigenvalue weighted by atomic mass is 35.5. The Morgan fingerprint density at radius 3 is 2.70 bits per heavy atom. The quantitative estimate of drug-likeness (QED) is 0.770. The minimum absolute atomic E-state index is 0.457. The van der Waals surface area contributed by atoms with Crippen LogP contribution in [0.15, 0.2) is 42.5 Å². The summed E-state index contributed by atoms with van der Waals surface area (Å²) in [7, 11) is 0. The molecule has 2 N–H and O–H groups in total. The lowest BCUT2D eigenvalue weighted by atomic mass is 10.0. The normalized spacial score (nSPS) is 10.9. The highest BCUT2D eigenvalue weighted by Crippen LogP contribution is 2.27. The van der Waals surface area contributed by atoms with E-state index in [1.54, 1.807) is 6.07 Å². The van der Waals surface area contributed by atoms with Crippen LogP contribution in [-0.2, 0) is 6.42 Å². The molecule has 20 heavy (non-hydrogen) atoms. The van der Waals surface area contributed by atoms with Gasteiger partial charge in [-0.25, -0.2) is 9.97 Å². The summed E-state index contributed by atoms with van der Waals surface area (Å²) in [5, 5.41) is 1.42. The number of benzene rings is 2. The molecular weight excluding hydrogens is 270 g/mol. The van der Waals surface area contributed by atoms with E-state index in [1.807, 2.05) is 30.3 Å². The number of aromatic nitrogens is 2. The van der Waals surface area contributed by atoms with E-state index in [9.17, 15) is 0 Å². The van der Waals surface area contributed by atoms with Gasteiger partial charge in [-0.05, 0) is 30.2 Å². The van der Waals surface area contributed by atoms with Gasteiger partial charge in [-0.2, -0.15) is 0 Å². The van der Waals surface area contributed by atoms with E-state index < -0.39 is 0 Å². The highest BCUT2D eigenvalue weighted by molar-refractivity contribution is 6.31. The summed E-state index contributed by atoms with van der Waals surface area (Å²) in [5.41, 5.74) is 9.09. The van der Waals surface area contributed by atoms with Crippen LogP contribution in [0.2, 0.25) is 5.02 Å². The van der Waals surface area contributed by atoms with Gasteiger partial charge in [-0.15, -0.1) is 0 Å². The molecule has 0 bridgehead atoms. The molecule has 3 nitrogen and oxygen atoms in total. The first kappa shape index (κ1) is 12.9. The van der Waals surface area contributed by atoms with Crippen molar-refractivity contribution < 1.29 is 0 Å². The third kappa shape index (κ3) is 2.21. The molecule has 2 aromatic carbocycles. The van der Waals surface area contributed by atoms with Crippen molar-refractivity contribution in [3.8, 4) is 11.4 Å². The van der Waals surface area contributed by atoms with Crippen molar-refractivity contribution in [1.82, 2.24) is 9.97 Å².